The molecule has 17 heavy (non-hydrogen) atoms. The number of H-pyrrole nitrogens is 2. The molecule has 3 N–H and O–H groups in total. The number of hydrogen-bond acceptors (Lipinski definition) is 3. The minimum absolute atomic E-state index is 0.157. The van der Waals surface area contributed by atoms with Crippen LogP contribution in [0.15, 0.2) is 17.3 Å². The van der Waals surface area contributed by atoms with Crippen LogP contribution in [0, 0.1) is 0 Å². The summed E-state index contributed by atoms with van der Waals surface area (Å²) < 4.78 is 0. The molecule has 0 saturated heterocycles. The molecule has 2 aromatic rings. The van der Waals surface area contributed by atoms with E-state index in [0.717, 1.165) is 0 Å². The van der Waals surface area contributed by atoms with E-state index in [1.54, 1.807) is 6.20 Å². The number of anilines is 1. The number of carbonyl (C=O) groups is 1. The van der Waals surface area contributed by atoms with Gasteiger partial charge in [0.2, 0.25) is 5.91 Å². The highest BCUT2D eigenvalue weighted by Crippen LogP contribution is 2.18. The van der Waals surface area contributed by atoms with Crippen molar-refractivity contribution in [1.29, 1.82) is 0 Å². The predicted octanol–water partition coefficient (Wildman–Crippen LogP) is 1.36. The van der Waals surface area contributed by atoms with Crippen molar-refractivity contribution in [2.75, 3.05) is 5.32 Å². The molecule has 0 spiro atoms. The van der Waals surface area contributed by atoms with Gasteiger partial charge in [-0.3, -0.25) is 9.59 Å². The highest BCUT2D eigenvalue weighted by molar-refractivity contribution is 9.10. The van der Waals surface area contributed by atoms with Crippen LogP contribution >= 0.6 is 15.9 Å². The lowest BCUT2D eigenvalue weighted by Crippen LogP contribution is -2.22. The second-order valence-corrected chi connectivity index (χ2v) is 4.63. The minimum Gasteiger partial charge on any atom is -0.353 e. The summed E-state index contributed by atoms with van der Waals surface area (Å²) in [7, 11) is 0. The molecule has 90 valence electrons. The predicted molar refractivity (Wildman–Crippen MR) is 68.4 cm³/mol. The van der Waals surface area contributed by atoms with Gasteiger partial charge in [0.15, 0.2) is 0 Å². The van der Waals surface area contributed by atoms with Crippen LogP contribution in [0.3, 0.4) is 0 Å². The number of amides is 1. The molecule has 2 heterocycles. The molecule has 0 aliphatic rings. The zero-order valence-corrected chi connectivity index (χ0v) is 10.7. The summed E-state index contributed by atoms with van der Waals surface area (Å²) in [5, 5.41) is 2.71. The van der Waals surface area contributed by atoms with E-state index in [1.807, 2.05) is 6.92 Å². The van der Waals surface area contributed by atoms with Gasteiger partial charge in [0, 0.05) is 6.20 Å². The Hall–Kier alpha value is -1.63. The van der Waals surface area contributed by atoms with E-state index in [-0.39, 0.29) is 16.3 Å². The Labute approximate surface area is 105 Å². The molecule has 1 atom stereocenters. The fourth-order valence-electron chi connectivity index (χ4n) is 1.44. The van der Waals surface area contributed by atoms with Gasteiger partial charge < -0.3 is 15.3 Å². The van der Waals surface area contributed by atoms with Crippen LogP contribution in [0.4, 0.5) is 5.69 Å². The third-order valence-electron chi connectivity index (χ3n) is 2.37. The zero-order valence-electron chi connectivity index (χ0n) is 9.08. The summed E-state index contributed by atoms with van der Waals surface area (Å²) in [5.74, 6) is -0.157. The number of aromatic nitrogens is 3. The van der Waals surface area contributed by atoms with Crippen molar-refractivity contribution in [1.82, 2.24) is 15.0 Å². The molecule has 0 fully saturated rings. The second kappa shape index (κ2) is 4.70. The van der Waals surface area contributed by atoms with E-state index in [0.29, 0.717) is 23.1 Å². The summed E-state index contributed by atoms with van der Waals surface area (Å²) in [4.78, 5) is 32.1. The van der Waals surface area contributed by atoms with Crippen LogP contribution in [0.5, 0.6) is 0 Å². The van der Waals surface area contributed by atoms with Crippen molar-refractivity contribution < 1.29 is 4.79 Å². The summed E-state index contributed by atoms with van der Waals surface area (Å²) in [6, 6.07) is 0. The third-order valence-corrected chi connectivity index (χ3v) is 3.43. The molecule has 0 aliphatic carbocycles. The van der Waals surface area contributed by atoms with Crippen molar-refractivity contribution >= 4 is 38.6 Å². The maximum atomic E-state index is 11.7. The Kier molecular flexibility index (Phi) is 3.28. The summed E-state index contributed by atoms with van der Waals surface area (Å²) in [5.41, 5.74) is 1.05. The van der Waals surface area contributed by atoms with Crippen LogP contribution in [0.1, 0.15) is 13.3 Å². The first-order valence-corrected chi connectivity index (χ1v) is 6.04. The average Bonchev–Trinajstić information content (AvgIpc) is 2.73. The van der Waals surface area contributed by atoms with Crippen LogP contribution in [-0.2, 0) is 4.79 Å². The van der Waals surface area contributed by atoms with Gasteiger partial charge in [-0.2, -0.15) is 0 Å². The van der Waals surface area contributed by atoms with Crippen LogP contribution < -0.4 is 10.9 Å². The molecule has 7 heteroatoms. The smallest absolute Gasteiger partial charge is 0.275 e. The second-order valence-electron chi connectivity index (χ2n) is 3.52. The molecule has 1 amide bonds. The summed E-state index contributed by atoms with van der Waals surface area (Å²) in [6.45, 7) is 1.90. The number of hydrogen-bond donors (Lipinski definition) is 3. The van der Waals surface area contributed by atoms with Gasteiger partial charge >= 0.3 is 0 Å². The minimum atomic E-state index is -0.263. The number of nitrogens with zero attached hydrogens (tertiary/aromatic N) is 1. The van der Waals surface area contributed by atoms with Crippen molar-refractivity contribution in [3.63, 3.8) is 0 Å². The molecular weight excluding hydrogens is 288 g/mol. The number of alkyl halides is 1. The van der Waals surface area contributed by atoms with Gasteiger partial charge in [0.05, 0.1) is 16.8 Å². The van der Waals surface area contributed by atoms with Gasteiger partial charge in [-0.1, -0.05) is 22.9 Å². The lowest BCUT2D eigenvalue weighted by atomic mass is 10.3. The Bertz CT molecular complexity index is 604. The molecule has 0 saturated carbocycles. The normalized spacial score (nSPS) is 12.6. The van der Waals surface area contributed by atoms with E-state index < -0.39 is 0 Å². The first-order chi connectivity index (χ1) is 8.13. The zero-order chi connectivity index (χ0) is 12.4. The molecule has 2 aromatic heterocycles. The fraction of sp³-hybridized carbons (Fsp3) is 0.300. The van der Waals surface area contributed by atoms with Crippen LogP contribution in [0.2, 0.25) is 0 Å². The molecule has 6 nitrogen and oxygen atoms in total. The summed E-state index contributed by atoms with van der Waals surface area (Å²) in [6.07, 6.45) is 3.54. The van der Waals surface area contributed by atoms with Crippen molar-refractivity contribution in [3.05, 3.63) is 22.9 Å². The Morgan fingerprint density at radius 1 is 1.59 bits per heavy atom. The van der Waals surface area contributed by atoms with Gasteiger partial charge in [0.25, 0.3) is 5.56 Å². The Balaban J connectivity index is 2.35. The fourth-order valence-corrected chi connectivity index (χ4v) is 1.56. The average molecular weight is 299 g/mol. The largest absolute Gasteiger partial charge is 0.353 e. The van der Waals surface area contributed by atoms with E-state index >= 15 is 0 Å². The van der Waals surface area contributed by atoms with E-state index in [2.05, 4.69) is 36.2 Å². The first kappa shape index (κ1) is 11.8. The number of carbonyl (C=O) groups excluding carboxylic acids is 1. The number of rotatable bonds is 3. The monoisotopic (exact) mass is 298 g/mol. The van der Waals surface area contributed by atoms with Crippen molar-refractivity contribution in [3.8, 4) is 0 Å². The maximum Gasteiger partial charge on any atom is 0.275 e. The molecule has 0 aliphatic heterocycles. The first-order valence-electron chi connectivity index (χ1n) is 5.13. The molecule has 0 radical (unpaired) electrons. The number of nitrogens with one attached hydrogen (secondary N) is 3. The van der Waals surface area contributed by atoms with Crippen LogP contribution in [-0.4, -0.2) is 25.7 Å². The standard InChI is InChI=1S/C10H11BrN4O2/c1-2-5(11)9(16)15-6-3-12-8-7(6)13-4-14-10(8)17/h3-5,12H,2H2,1H3,(H,15,16)(H,13,14,17). The lowest BCUT2D eigenvalue weighted by molar-refractivity contribution is -0.115. The number of aromatic amines is 2. The van der Waals surface area contributed by atoms with E-state index in [9.17, 15) is 9.59 Å². The third kappa shape index (κ3) is 2.23. The van der Waals surface area contributed by atoms with Gasteiger partial charge in [-0.25, -0.2) is 4.98 Å². The maximum absolute atomic E-state index is 11.7. The van der Waals surface area contributed by atoms with Gasteiger partial charge in [0.1, 0.15) is 11.0 Å². The van der Waals surface area contributed by atoms with E-state index in [1.165, 1.54) is 6.33 Å². The summed E-state index contributed by atoms with van der Waals surface area (Å²) >= 11 is 3.26. The highest BCUT2D eigenvalue weighted by atomic mass is 79.9. The molecular formula is C10H11BrN4O2. The molecule has 0 bridgehead atoms. The highest BCUT2D eigenvalue weighted by Gasteiger charge is 2.15. The molecule has 2 rings (SSSR count). The van der Waals surface area contributed by atoms with Crippen LogP contribution in [0.25, 0.3) is 11.0 Å². The lowest BCUT2D eigenvalue weighted by Gasteiger charge is -2.06. The molecule has 1 unspecified atom stereocenters. The number of halogens is 1. The van der Waals surface area contributed by atoms with Gasteiger partial charge in [-0.05, 0) is 6.42 Å². The quantitative estimate of drug-likeness (QED) is 0.747. The Morgan fingerprint density at radius 2 is 2.35 bits per heavy atom. The van der Waals surface area contributed by atoms with E-state index in [4.69, 9.17) is 0 Å². The van der Waals surface area contributed by atoms with Crippen molar-refractivity contribution in [2.45, 2.75) is 18.2 Å². The topological polar surface area (TPSA) is 90.6 Å². The van der Waals surface area contributed by atoms with Gasteiger partial charge in [-0.15, -0.1) is 0 Å². The SMILES string of the molecule is CCC(Br)C(=O)Nc1c[nH]c2c(=O)[nH]cnc12. The number of fused-ring (bicyclic) bond motifs is 1. The Morgan fingerprint density at radius 3 is 3.06 bits per heavy atom. The van der Waals surface area contributed by atoms with Crippen molar-refractivity contribution in [2.24, 2.45) is 0 Å². The molecule has 0 aromatic carbocycles.